The van der Waals surface area contributed by atoms with E-state index in [1.807, 2.05) is 6.92 Å². The zero-order valence-electron chi connectivity index (χ0n) is 21.7. The normalized spacial score (nSPS) is 12.2. The highest BCUT2D eigenvalue weighted by Gasteiger charge is 2.33. The minimum atomic E-state index is -4.22. The van der Waals surface area contributed by atoms with Crippen molar-refractivity contribution in [3.8, 4) is 0 Å². The van der Waals surface area contributed by atoms with Gasteiger partial charge in [-0.15, -0.1) is 0 Å². The minimum absolute atomic E-state index is 0.0208. The van der Waals surface area contributed by atoms with E-state index in [0.717, 1.165) is 22.0 Å². The number of halogens is 2. The van der Waals surface area contributed by atoms with Gasteiger partial charge in [0.15, 0.2) is 0 Å². The van der Waals surface area contributed by atoms with Gasteiger partial charge in [-0.05, 0) is 75.7 Å². The Bertz CT molecular complexity index is 1380. The van der Waals surface area contributed by atoms with E-state index in [-0.39, 0.29) is 23.2 Å². The average molecular weight is 560 g/mol. The molecule has 0 spiro atoms. The van der Waals surface area contributed by atoms with Crippen molar-refractivity contribution < 1.29 is 22.4 Å². The van der Waals surface area contributed by atoms with Crippen LogP contribution in [0.2, 0.25) is 5.02 Å². The standard InChI is InChI=1S/C28H31ClFN3O4S/c1-19(2)31-28(35)21(4)32(17-22-7-5-6-8-26(22)29)27(34)18-33(24-13-11-23(30)12-14-24)38(36,37)25-15-9-20(3)10-16-25/h5-16,19,21H,17-18H2,1-4H3,(H,31,35)/t21-/m0/s1. The van der Waals surface area contributed by atoms with Crippen molar-refractivity contribution in [3.05, 3.63) is 94.8 Å². The van der Waals surface area contributed by atoms with Crippen LogP contribution in [0, 0.1) is 12.7 Å². The van der Waals surface area contributed by atoms with Gasteiger partial charge in [0.2, 0.25) is 11.8 Å². The summed E-state index contributed by atoms with van der Waals surface area (Å²) in [6.45, 7) is 6.36. The zero-order chi connectivity index (χ0) is 28.0. The van der Waals surface area contributed by atoms with E-state index in [2.05, 4.69) is 5.32 Å². The number of amides is 2. The molecule has 0 unspecified atom stereocenters. The third-order valence-electron chi connectivity index (χ3n) is 5.90. The van der Waals surface area contributed by atoms with E-state index in [1.165, 1.54) is 29.2 Å². The summed E-state index contributed by atoms with van der Waals surface area (Å²) in [4.78, 5) is 28.0. The second-order valence-corrected chi connectivity index (χ2v) is 11.5. The maximum Gasteiger partial charge on any atom is 0.264 e. The minimum Gasteiger partial charge on any atom is -0.352 e. The molecular formula is C28H31ClFN3O4S. The van der Waals surface area contributed by atoms with Crippen molar-refractivity contribution in [2.45, 2.75) is 51.2 Å². The largest absolute Gasteiger partial charge is 0.352 e. The van der Waals surface area contributed by atoms with Crippen LogP contribution in [0.1, 0.15) is 31.9 Å². The molecule has 0 radical (unpaired) electrons. The molecule has 38 heavy (non-hydrogen) atoms. The van der Waals surface area contributed by atoms with Gasteiger partial charge >= 0.3 is 0 Å². The predicted octanol–water partition coefficient (Wildman–Crippen LogP) is 4.92. The first-order valence-corrected chi connectivity index (χ1v) is 13.9. The lowest BCUT2D eigenvalue weighted by Gasteiger charge is -2.32. The van der Waals surface area contributed by atoms with Crippen LogP contribution in [0.3, 0.4) is 0 Å². The fourth-order valence-corrected chi connectivity index (χ4v) is 5.38. The second-order valence-electron chi connectivity index (χ2n) is 9.25. The molecule has 7 nitrogen and oxygen atoms in total. The van der Waals surface area contributed by atoms with E-state index in [9.17, 15) is 22.4 Å². The number of carbonyl (C=O) groups excluding carboxylic acids is 2. The maximum atomic E-state index is 13.8. The molecule has 0 aliphatic carbocycles. The van der Waals surface area contributed by atoms with Gasteiger partial charge < -0.3 is 10.2 Å². The number of rotatable bonds is 10. The van der Waals surface area contributed by atoms with E-state index in [0.29, 0.717) is 10.6 Å². The van der Waals surface area contributed by atoms with Gasteiger partial charge in [-0.1, -0.05) is 47.5 Å². The van der Waals surface area contributed by atoms with Crippen LogP contribution in [-0.4, -0.2) is 43.8 Å². The Morgan fingerprint density at radius 3 is 2.13 bits per heavy atom. The van der Waals surface area contributed by atoms with Crippen molar-refractivity contribution in [2.75, 3.05) is 10.8 Å². The smallest absolute Gasteiger partial charge is 0.264 e. The average Bonchev–Trinajstić information content (AvgIpc) is 2.86. The van der Waals surface area contributed by atoms with Crippen LogP contribution in [0.5, 0.6) is 0 Å². The molecule has 1 atom stereocenters. The summed E-state index contributed by atoms with van der Waals surface area (Å²) in [5, 5.41) is 3.20. The molecule has 1 N–H and O–H groups in total. The summed E-state index contributed by atoms with van der Waals surface area (Å²) in [7, 11) is -4.22. The molecule has 3 rings (SSSR count). The van der Waals surface area contributed by atoms with Gasteiger partial charge in [0.25, 0.3) is 10.0 Å². The fraction of sp³-hybridized carbons (Fsp3) is 0.286. The van der Waals surface area contributed by atoms with Crippen molar-refractivity contribution >= 4 is 39.1 Å². The van der Waals surface area contributed by atoms with Crippen molar-refractivity contribution in [1.29, 1.82) is 0 Å². The zero-order valence-corrected chi connectivity index (χ0v) is 23.3. The molecule has 0 aromatic heterocycles. The van der Waals surface area contributed by atoms with E-state index >= 15 is 0 Å². The fourth-order valence-electron chi connectivity index (χ4n) is 3.77. The first-order chi connectivity index (χ1) is 17.9. The SMILES string of the molecule is Cc1ccc(S(=O)(=O)N(CC(=O)N(Cc2ccccc2Cl)[C@@H](C)C(=O)NC(C)C)c2ccc(F)cc2)cc1. The van der Waals surface area contributed by atoms with Crippen molar-refractivity contribution in [1.82, 2.24) is 10.2 Å². The van der Waals surface area contributed by atoms with Crippen molar-refractivity contribution in [3.63, 3.8) is 0 Å². The van der Waals surface area contributed by atoms with Gasteiger partial charge in [0.1, 0.15) is 18.4 Å². The number of anilines is 1. The summed E-state index contributed by atoms with van der Waals surface area (Å²) in [6.07, 6.45) is 0. The van der Waals surface area contributed by atoms with Gasteiger partial charge in [0, 0.05) is 17.6 Å². The monoisotopic (exact) mass is 559 g/mol. The summed E-state index contributed by atoms with van der Waals surface area (Å²) in [6, 6.07) is 16.8. The van der Waals surface area contributed by atoms with Crippen LogP contribution < -0.4 is 9.62 Å². The third kappa shape index (κ3) is 7.11. The van der Waals surface area contributed by atoms with Crippen LogP contribution in [-0.2, 0) is 26.2 Å². The Balaban J connectivity index is 2.03. The lowest BCUT2D eigenvalue weighted by Crippen LogP contribution is -2.52. The van der Waals surface area contributed by atoms with Crippen LogP contribution in [0.4, 0.5) is 10.1 Å². The number of nitrogens with zero attached hydrogens (tertiary/aromatic N) is 2. The number of aryl methyl sites for hydroxylation is 1. The van der Waals surface area contributed by atoms with Gasteiger partial charge in [-0.25, -0.2) is 12.8 Å². The van der Waals surface area contributed by atoms with Gasteiger partial charge in [0.05, 0.1) is 10.6 Å². The Labute approximate surface area is 228 Å². The molecule has 0 fully saturated rings. The van der Waals surface area contributed by atoms with Gasteiger partial charge in [-0.2, -0.15) is 0 Å². The molecule has 0 saturated carbocycles. The highest BCUT2D eigenvalue weighted by molar-refractivity contribution is 7.92. The highest BCUT2D eigenvalue weighted by Crippen LogP contribution is 2.26. The molecule has 3 aromatic rings. The Morgan fingerprint density at radius 1 is 0.947 bits per heavy atom. The molecule has 202 valence electrons. The Hall–Kier alpha value is -3.43. The lowest BCUT2D eigenvalue weighted by molar-refractivity contribution is -0.139. The summed E-state index contributed by atoms with van der Waals surface area (Å²) in [5.41, 5.74) is 1.57. The second kappa shape index (κ2) is 12.4. The molecule has 0 heterocycles. The lowest BCUT2D eigenvalue weighted by atomic mass is 10.1. The van der Waals surface area contributed by atoms with Crippen molar-refractivity contribution in [2.24, 2.45) is 0 Å². The first-order valence-electron chi connectivity index (χ1n) is 12.1. The van der Waals surface area contributed by atoms with Crippen LogP contribution in [0.25, 0.3) is 0 Å². The van der Waals surface area contributed by atoms with Crippen LogP contribution in [0.15, 0.2) is 77.7 Å². The number of sulfonamides is 1. The van der Waals surface area contributed by atoms with Gasteiger partial charge in [-0.3, -0.25) is 13.9 Å². The summed E-state index contributed by atoms with van der Waals surface area (Å²) >= 11 is 6.34. The van der Waals surface area contributed by atoms with E-state index < -0.39 is 40.2 Å². The number of hydrogen-bond acceptors (Lipinski definition) is 4. The summed E-state index contributed by atoms with van der Waals surface area (Å²) in [5.74, 6) is -1.57. The molecule has 0 bridgehead atoms. The number of carbonyl (C=O) groups is 2. The quantitative estimate of drug-likeness (QED) is 0.382. The first kappa shape index (κ1) is 29.1. The molecule has 2 amide bonds. The molecule has 0 saturated heterocycles. The molecule has 3 aromatic carbocycles. The molecular weight excluding hydrogens is 529 g/mol. The van der Waals surface area contributed by atoms with E-state index in [1.54, 1.807) is 57.2 Å². The molecule has 10 heteroatoms. The van der Waals surface area contributed by atoms with E-state index in [4.69, 9.17) is 11.6 Å². The maximum absolute atomic E-state index is 13.8. The molecule has 0 aliphatic heterocycles. The Kier molecular flexibility index (Phi) is 9.51. The third-order valence-corrected chi connectivity index (χ3v) is 8.06. The number of benzene rings is 3. The number of nitrogens with one attached hydrogen (secondary N) is 1. The Morgan fingerprint density at radius 2 is 1.55 bits per heavy atom. The summed E-state index contributed by atoms with van der Waals surface area (Å²) < 4.78 is 42.0. The number of hydrogen-bond donors (Lipinski definition) is 1. The molecule has 0 aliphatic rings. The van der Waals surface area contributed by atoms with Crippen LogP contribution >= 0.6 is 11.6 Å². The predicted molar refractivity (Wildman–Crippen MR) is 147 cm³/mol. The topological polar surface area (TPSA) is 86.8 Å². The highest BCUT2D eigenvalue weighted by atomic mass is 35.5.